The lowest BCUT2D eigenvalue weighted by atomic mass is 10.1. The quantitative estimate of drug-likeness (QED) is 0.483. The van der Waals surface area contributed by atoms with Gasteiger partial charge in [-0.1, -0.05) is 42.5 Å². The van der Waals surface area contributed by atoms with Gasteiger partial charge in [0, 0.05) is 18.8 Å². The number of benzene rings is 3. The Morgan fingerprint density at radius 1 is 0.882 bits per heavy atom. The number of halogens is 2. The van der Waals surface area contributed by atoms with Crippen molar-refractivity contribution in [3.63, 3.8) is 0 Å². The molecule has 4 rings (SSSR count). The standard InChI is InChI=1S/C26H23F2N3O2S/c27-20-8-6-19(7-9-20)17-31-23(16-24(32)29-22-12-10-21(28)11-13-22)25(33)30(26(31)34)15-14-18-4-2-1-3-5-18/h1-13,23H,14-17H2,(H,29,32). The van der Waals surface area contributed by atoms with Gasteiger partial charge in [0.15, 0.2) is 5.11 Å². The zero-order chi connectivity index (χ0) is 24.1. The zero-order valence-corrected chi connectivity index (χ0v) is 19.1. The van der Waals surface area contributed by atoms with E-state index in [9.17, 15) is 18.4 Å². The van der Waals surface area contributed by atoms with E-state index in [2.05, 4.69) is 5.32 Å². The van der Waals surface area contributed by atoms with Crippen LogP contribution in [0.3, 0.4) is 0 Å². The average molecular weight is 480 g/mol. The van der Waals surface area contributed by atoms with E-state index in [4.69, 9.17) is 12.2 Å². The van der Waals surface area contributed by atoms with Gasteiger partial charge >= 0.3 is 0 Å². The summed E-state index contributed by atoms with van der Waals surface area (Å²) in [6.07, 6.45) is 0.491. The van der Waals surface area contributed by atoms with Crippen molar-refractivity contribution in [3.8, 4) is 0 Å². The number of amides is 2. The Balaban J connectivity index is 1.51. The lowest BCUT2D eigenvalue weighted by Gasteiger charge is -2.24. The SMILES string of the molecule is O=C(CC1C(=O)N(CCc2ccccc2)C(=S)N1Cc1ccc(F)cc1)Nc1ccc(F)cc1. The number of hydrogen-bond donors (Lipinski definition) is 1. The first-order valence-corrected chi connectivity index (χ1v) is 11.3. The third-order valence-electron chi connectivity index (χ3n) is 5.64. The van der Waals surface area contributed by atoms with Crippen LogP contribution in [-0.2, 0) is 22.6 Å². The predicted molar refractivity (Wildman–Crippen MR) is 130 cm³/mol. The Labute approximate surface area is 202 Å². The van der Waals surface area contributed by atoms with Gasteiger partial charge in [0.2, 0.25) is 5.91 Å². The fraction of sp³-hybridized carbons (Fsp3) is 0.192. The summed E-state index contributed by atoms with van der Waals surface area (Å²) in [5, 5.41) is 3.04. The molecule has 5 nitrogen and oxygen atoms in total. The van der Waals surface area contributed by atoms with Crippen molar-refractivity contribution in [2.45, 2.75) is 25.4 Å². The Bertz CT molecular complexity index is 1170. The van der Waals surface area contributed by atoms with Crippen LogP contribution < -0.4 is 5.32 Å². The fourth-order valence-corrected chi connectivity index (χ4v) is 4.24. The van der Waals surface area contributed by atoms with Crippen molar-refractivity contribution < 1.29 is 18.4 Å². The molecular formula is C26H23F2N3O2S. The number of thiocarbonyl (C=S) groups is 1. The van der Waals surface area contributed by atoms with Gasteiger partial charge in [-0.3, -0.25) is 14.5 Å². The Kier molecular flexibility index (Phi) is 7.27. The summed E-state index contributed by atoms with van der Waals surface area (Å²) in [4.78, 5) is 29.3. The van der Waals surface area contributed by atoms with Crippen LogP contribution in [0.2, 0.25) is 0 Å². The summed E-state index contributed by atoms with van der Waals surface area (Å²) in [6.45, 7) is 0.652. The van der Waals surface area contributed by atoms with Crippen LogP contribution in [-0.4, -0.2) is 39.3 Å². The van der Waals surface area contributed by atoms with E-state index < -0.39 is 11.9 Å². The van der Waals surface area contributed by atoms with Crippen LogP contribution in [0.5, 0.6) is 0 Å². The molecule has 1 aliphatic rings. The molecule has 3 aromatic carbocycles. The number of nitrogens with one attached hydrogen (secondary N) is 1. The molecule has 0 bridgehead atoms. The third kappa shape index (κ3) is 5.63. The third-order valence-corrected chi connectivity index (χ3v) is 6.10. The second-order valence-corrected chi connectivity index (χ2v) is 8.40. The lowest BCUT2D eigenvalue weighted by molar-refractivity contribution is -0.130. The van der Waals surface area contributed by atoms with Crippen LogP contribution in [0.25, 0.3) is 0 Å². The van der Waals surface area contributed by atoms with E-state index in [1.54, 1.807) is 17.0 Å². The summed E-state index contributed by atoms with van der Waals surface area (Å²) in [5.41, 5.74) is 2.27. The number of carbonyl (C=O) groups is 2. The molecule has 0 saturated carbocycles. The molecule has 0 radical (unpaired) electrons. The average Bonchev–Trinajstić information content (AvgIpc) is 3.05. The first-order chi connectivity index (χ1) is 16.4. The first-order valence-electron chi connectivity index (χ1n) is 10.9. The van der Waals surface area contributed by atoms with Crippen LogP contribution in [0.1, 0.15) is 17.5 Å². The minimum atomic E-state index is -0.797. The summed E-state index contributed by atoms with van der Waals surface area (Å²) < 4.78 is 26.5. The smallest absolute Gasteiger partial charge is 0.252 e. The first kappa shape index (κ1) is 23.5. The van der Waals surface area contributed by atoms with Crippen molar-refractivity contribution in [3.05, 3.63) is 102 Å². The monoisotopic (exact) mass is 479 g/mol. The second kappa shape index (κ2) is 10.5. The molecule has 1 aliphatic heterocycles. The van der Waals surface area contributed by atoms with Crippen LogP contribution in [0.15, 0.2) is 78.9 Å². The molecule has 2 amide bonds. The molecule has 174 valence electrons. The molecule has 0 spiro atoms. The van der Waals surface area contributed by atoms with E-state index in [0.29, 0.717) is 23.8 Å². The molecule has 1 N–H and O–H groups in total. The van der Waals surface area contributed by atoms with Gasteiger partial charge in [-0.2, -0.15) is 0 Å². The number of hydrogen-bond acceptors (Lipinski definition) is 3. The van der Waals surface area contributed by atoms with Gasteiger partial charge in [-0.05, 0) is 66.2 Å². The Morgan fingerprint density at radius 3 is 2.15 bits per heavy atom. The lowest BCUT2D eigenvalue weighted by Crippen LogP contribution is -2.37. The molecule has 8 heteroatoms. The summed E-state index contributed by atoms with van der Waals surface area (Å²) in [7, 11) is 0. The fourth-order valence-electron chi connectivity index (χ4n) is 3.87. The molecule has 34 heavy (non-hydrogen) atoms. The maximum absolute atomic E-state index is 13.4. The van der Waals surface area contributed by atoms with Crippen molar-refractivity contribution in [2.75, 3.05) is 11.9 Å². The number of rotatable bonds is 8. The number of anilines is 1. The molecule has 1 fully saturated rings. The highest BCUT2D eigenvalue weighted by Crippen LogP contribution is 2.25. The van der Waals surface area contributed by atoms with E-state index >= 15 is 0 Å². The highest BCUT2D eigenvalue weighted by atomic mass is 32.1. The minimum Gasteiger partial charge on any atom is -0.332 e. The van der Waals surface area contributed by atoms with Crippen molar-refractivity contribution >= 4 is 34.8 Å². The Morgan fingerprint density at radius 2 is 1.50 bits per heavy atom. The molecule has 1 saturated heterocycles. The predicted octanol–water partition coefficient (Wildman–Crippen LogP) is 4.53. The van der Waals surface area contributed by atoms with E-state index in [1.807, 2.05) is 30.3 Å². The van der Waals surface area contributed by atoms with E-state index in [0.717, 1.165) is 11.1 Å². The van der Waals surface area contributed by atoms with Crippen LogP contribution >= 0.6 is 12.2 Å². The second-order valence-electron chi connectivity index (χ2n) is 8.04. The number of nitrogens with zero attached hydrogens (tertiary/aromatic N) is 2. The molecule has 1 unspecified atom stereocenters. The molecule has 0 aromatic heterocycles. The van der Waals surface area contributed by atoms with Gasteiger partial charge in [0.25, 0.3) is 5.91 Å². The van der Waals surface area contributed by atoms with Crippen LogP contribution in [0, 0.1) is 11.6 Å². The topological polar surface area (TPSA) is 52.7 Å². The number of carbonyl (C=O) groups excluding carboxylic acids is 2. The summed E-state index contributed by atoms with van der Waals surface area (Å²) in [6, 6.07) is 20.3. The van der Waals surface area contributed by atoms with Gasteiger partial charge in [-0.25, -0.2) is 8.78 Å². The largest absolute Gasteiger partial charge is 0.332 e. The highest BCUT2D eigenvalue weighted by molar-refractivity contribution is 7.80. The van der Waals surface area contributed by atoms with Gasteiger partial charge in [0.05, 0.1) is 6.42 Å². The maximum atomic E-state index is 13.4. The Hall–Kier alpha value is -3.65. The van der Waals surface area contributed by atoms with Crippen molar-refractivity contribution in [1.82, 2.24) is 9.80 Å². The molecule has 1 atom stereocenters. The van der Waals surface area contributed by atoms with Crippen molar-refractivity contribution in [2.24, 2.45) is 0 Å². The molecular weight excluding hydrogens is 456 g/mol. The zero-order valence-electron chi connectivity index (χ0n) is 18.3. The normalized spacial score (nSPS) is 15.6. The minimum absolute atomic E-state index is 0.126. The van der Waals surface area contributed by atoms with E-state index in [-0.39, 0.29) is 30.6 Å². The van der Waals surface area contributed by atoms with Gasteiger partial charge in [-0.15, -0.1) is 0 Å². The van der Waals surface area contributed by atoms with Gasteiger partial charge < -0.3 is 10.2 Å². The summed E-state index contributed by atoms with van der Waals surface area (Å²) in [5.74, 6) is -1.41. The van der Waals surface area contributed by atoms with Crippen molar-refractivity contribution in [1.29, 1.82) is 0 Å². The molecule has 1 heterocycles. The van der Waals surface area contributed by atoms with Gasteiger partial charge in [0.1, 0.15) is 17.7 Å². The summed E-state index contributed by atoms with van der Waals surface area (Å²) >= 11 is 5.64. The maximum Gasteiger partial charge on any atom is 0.252 e. The van der Waals surface area contributed by atoms with E-state index in [1.165, 1.54) is 41.3 Å². The highest BCUT2D eigenvalue weighted by Gasteiger charge is 2.43. The molecule has 0 aliphatic carbocycles. The molecule has 3 aromatic rings. The van der Waals surface area contributed by atoms with Crippen LogP contribution in [0.4, 0.5) is 14.5 Å².